The molecule has 0 saturated carbocycles. The zero-order chi connectivity index (χ0) is 27.5. The first-order chi connectivity index (χ1) is 19.6. The van der Waals surface area contributed by atoms with Crippen molar-refractivity contribution in [2.75, 3.05) is 0 Å². The maximum Gasteiger partial charge on any atom is 0.128 e. The fourth-order valence-electron chi connectivity index (χ4n) is 4.74. The van der Waals surface area contributed by atoms with E-state index in [9.17, 15) is 0 Å². The maximum absolute atomic E-state index is 6.35. The molecule has 0 bridgehead atoms. The number of aromatic nitrogens is 2. The van der Waals surface area contributed by atoms with Crippen LogP contribution < -0.4 is 0 Å². The molecule has 4 heteroatoms. The van der Waals surface area contributed by atoms with Gasteiger partial charge in [-0.15, -0.1) is 53.6 Å². The molecule has 0 N–H and O–H groups in total. The second kappa shape index (κ2) is 12.4. The van der Waals surface area contributed by atoms with Gasteiger partial charge in [0.1, 0.15) is 5.58 Å². The maximum atomic E-state index is 6.35. The van der Waals surface area contributed by atoms with E-state index in [2.05, 4.69) is 97.5 Å². The minimum Gasteiger partial charge on any atom is -0.500 e. The van der Waals surface area contributed by atoms with Crippen molar-refractivity contribution in [3.8, 4) is 33.6 Å². The molecule has 41 heavy (non-hydrogen) atoms. The Hall–Kier alpha value is -4.37. The van der Waals surface area contributed by atoms with Crippen LogP contribution in [0.25, 0.3) is 55.6 Å². The minimum absolute atomic E-state index is 0. The van der Waals surface area contributed by atoms with Crippen molar-refractivity contribution in [3.05, 3.63) is 144 Å². The number of pyridine rings is 2. The molecule has 0 unspecified atom stereocenters. The number of nitrogens with zero attached hydrogens (tertiary/aromatic N) is 2. The predicted molar refractivity (Wildman–Crippen MR) is 164 cm³/mol. The summed E-state index contributed by atoms with van der Waals surface area (Å²) in [5.41, 5.74) is 11.5. The molecule has 3 heterocycles. The molecule has 203 valence electrons. The van der Waals surface area contributed by atoms with E-state index >= 15 is 0 Å². The van der Waals surface area contributed by atoms with Crippen molar-refractivity contribution in [2.24, 2.45) is 0 Å². The van der Waals surface area contributed by atoms with Crippen LogP contribution in [0.1, 0.15) is 16.7 Å². The van der Waals surface area contributed by atoms with Crippen LogP contribution in [0, 0.1) is 32.9 Å². The van der Waals surface area contributed by atoms with Crippen molar-refractivity contribution in [3.63, 3.8) is 0 Å². The Labute approximate surface area is 254 Å². The van der Waals surface area contributed by atoms with Gasteiger partial charge in [0.05, 0.1) is 5.58 Å². The van der Waals surface area contributed by atoms with Crippen LogP contribution in [0.2, 0.25) is 0 Å². The fourth-order valence-corrected chi connectivity index (χ4v) is 4.74. The van der Waals surface area contributed by atoms with E-state index in [1.807, 2.05) is 54.7 Å². The molecule has 0 aliphatic carbocycles. The summed E-state index contributed by atoms with van der Waals surface area (Å²) in [6, 6.07) is 41.3. The first kappa shape index (κ1) is 28.2. The average Bonchev–Trinajstić information content (AvgIpc) is 3.39. The molecule has 0 saturated heterocycles. The molecular weight excluding hydrogens is 681 g/mol. The summed E-state index contributed by atoms with van der Waals surface area (Å²) in [5.74, 6) is 0. The molecule has 0 spiro atoms. The summed E-state index contributed by atoms with van der Waals surface area (Å²) in [4.78, 5) is 8.87. The van der Waals surface area contributed by atoms with Crippen LogP contribution >= 0.6 is 0 Å². The number of hydrogen-bond acceptors (Lipinski definition) is 3. The third kappa shape index (κ3) is 5.90. The molecule has 1 radical (unpaired) electrons. The van der Waals surface area contributed by atoms with Crippen LogP contribution in [0.5, 0.6) is 0 Å². The zero-order valence-electron chi connectivity index (χ0n) is 23.1. The summed E-state index contributed by atoms with van der Waals surface area (Å²) in [6.45, 7) is 6.24. The third-order valence-electron chi connectivity index (χ3n) is 7.08. The predicted octanol–water partition coefficient (Wildman–Crippen LogP) is 9.59. The summed E-state index contributed by atoms with van der Waals surface area (Å²) >= 11 is 0. The van der Waals surface area contributed by atoms with Gasteiger partial charge in [0.15, 0.2) is 0 Å². The first-order valence-corrected chi connectivity index (χ1v) is 13.3. The number of aryl methyl sites for hydroxylation is 3. The van der Waals surface area contributed by atoms with Gasteiger partial charge in [-0.05, 0) is 42.4 Å². The molecule has 0 aliphatic heterocycles. The van der Waals surface area contributed by atoms with Gasteiger partial charge in [0.25, 0.3) is 0 Å². The van der Waals surface area contributed by atoms with Crippen molar-refractivity contribution in [1.82, 2.24) is 9.97 Å². The van der Waals surface area contributed by atoms with Gasteiger partial charge in [-0.2, -0.15) is 0 Å². The van der Waals surface area contributed by atoms with Gasteiger partial charge in [0, 0.05) is 43.4 Å². The number of benzene rings is 4. The summed E-state index contributed by atoms with van der Waals surface area (Å²) in [7, 11) is 0. The number of para-hydroxylation sites is 1. The largest absolute Gasteiger partial charge is 0.500 e. The first-order valence-electron chi connectivity index (χ1n) is 13.3. The van der Waals surface area contributed by atoms with E-state index in [-0.39, 0.29) is 20.1 Å². The van der Waals surface area contributed by atoms with E-state index in [4.69, 9.17) is 4.42 Å². The van der Waals surface area contributed by atoms with E-state index < -0.39 is 0 Å². The molecule has 3 aromatic heterocycles. The Morgan fingerprint density at radius 1 is 0.659 bits per heavy atom. The van der Waals surface area contributed by atoms with Gasteiger partial charge in [-0.1, -0.05) is 90.2 Å². The topological polar surface area (TPSA) is 38.9 Å². The van der Waals surface area contributed by atoms with Gasteiger partial charge < -0.3 is 14.4 Å². The molecule has 0 aliphatic rings. The zero-order valence-corrected chi connectivity index (χ0v) is 25.5. The minimum atomic E-state index is 0. The number of fused-ring (bicyclic) bond motifs is 3. The fraction of sp³-hybridized carbons (Fsp3) is 0.0811. The summed E-state index contributed by atoms with van der Waals surface area (Å²) in [5, 5.41) is 2.20. The Morgan fingerprint density at radius 2 is 1.46 bits per heavy atom. The number of hydrogen-bond donors (Lipinski definition) is 0. The molecule has 4 aromatic carbocycles. The van der Waals surface area contributed by atoms with Gasteiger partial charge in [-0.25, -0.2) is 0 Å². The Balaban J connectivity index is 0.000000182. The van der Waals surface area contributed by atoms with Gasteiger partial charge in [-0.3, -0.25) is 0 Å². The Morgan fingerprint density at radius 3 is 2.20 bits per heavy atom. The van der Waals surface area contributed by atoms with Crippen LogP contribution in [0.4, 0.5) is 0 Å². The van der Waals surface area contributed by atoms with E-state index in [0.29, 0.717) is 0 Å². The van der Waals surface area contributed by atoms with Gasteiger partial charge in [0.2, 0.25) is 0 Å². The Bertz CT molecular complexity index is 1820. The molecule has 0 fully saturated rings. The second-order valence-corrected chi connectivity index (χ2v) is 9.89. The molecule has 7 aromatic rings. The van der Waals surface area contributed by atoms with Crippen LogP contribution in [0.3, 0.4) is 0 Å². The van der Waals surface area contributed by atoms with Crippen LogP contribution in [0.15, 0.2) is 120 Å². The molecule has 0 amide bonds. The van der Waals surface area contributed by atoms with E-state index in [1.165, 1.54) is 16.7 Å². The SMILES string of the molecule is Cc1c[c-]c(-c2cc(C)c(C)cn2)cc1.[Ir].[c-]1ccc2c(oc3c(-c4ccccc4)cccc32)c1-c1ccccn1. The van der Waals surface area contributed by atoms with Crippen LogP contribution in [-0.4, -0.2) is 9.97 Å². The molecule has 0 atom stereocenters. The number of furan rings is 1. The van der Waals surface area contributed by atoms with E-state index in [1.54, 1.807) is 6.20 Å². The summed E-state index contributed by atoms with van der Waals surface area (Å²) < 4.78 is 6.35. The molecular formula is C37H28IrN2O-2. The smallest absolute Gasteiger partial charge is 0.128 e. The van der Waals surface area contributed by atoms with Crippen molar-refractivity contribution < 1.29 is 24.5 Å². The molecule has 3 nitrogen and oxygen atoms in total. The second-order valence-electron chi connectivity index (χ2n) is 9.89. The normalized spacial score (nSPS) is 10.6. The monoisotopic (exact) mass is 709 g/mol. The quantitative estimate of drug-likeness (QED) is 0.172. The third-order valence-corrected chi connectivity index (χ3v) is 7.08. The standard InChI is InChI=1S/C23H14NO.C14H14N.Ir/c1-2-8-16(9-3-1)17-10-6-11-18-19-12-7-13-20(23(19)25-22(17)18)21-14-4-5-15-24-21;1-10-4-6-13(7-5-10)14-8-11(2)12(3)9-15-14;/h1-12,14-15H;4-6,8-9H,1-3H3;/q2*-1;. The Kier molecular flexibility index (Phi) is 8.54. The summed E-state index contributed by atoms with van der Waals surface area (Å²) in [6.07, 6.45) is 3.71. The van der Waals surface area contributed by atoms with E-state index in [0.717, 1.165) is 55.6 Å². The average molecular weight is 709 g/mol. The van der Waals surface area contributed by atoms with Crippen LogP contribution in [-0.2, 0) is 20.1 Å². The van der Waals surface area contributed by atoms with Crippen molar-refractivity contribution in [1.29, 1.82) is 0 Å². The van der Waals surface area contributed by atoms with Crippen molar-refractivity contribution in [2.45, 2.75) is 20.8 Å². The molecule has 7 rings (SSSR count). The van der Waals surface area contributed by atoms with Gasteiger partial charge >= 0.3 is 0 Å². The number of rotatable bonds is 3. The van der Waals surface area contributed by atoms with Crippen molar-refractivity contribution >= 4 is 21.9 Å².